The van der Waals surface area contributed by atoms with Crippen LogP contribution in [0.1, 0.15) is 19.4 Å². The highest BCUT2D eigenvalue weighted by Gasteiger charge is 2.07. The van der Waals surface area contributed by atoms with Gasteiger partial charge in [-0.05, 0) is 12.1 Å². The summed E-state index contributed by atoms with van der Waals surface area (Å²) in [5.74, 6) is 5.70. The van der Waals surface area contributed by atoms with Gasteiger partial charge in [-0.15, -0.1) is 0 Å². The van der Waals surface area contributed by atoms with Crippen LogP contribution in [0.5, 0.6) is 0 Å². The highest BCUT2D eigenvalue weighted by atomic mass is 16.6. The third-order valence-corrected chi connectivity index (χ3v) is 2.08. The number of hydrogen-bond donors (Lipinski definition) is 2. The lowest BCUT2D eigenvalue weighted by Crippen LogP contribution is -2.16. The number of benzene rings is 1. The summed E-state index contributed by atoms with van der Waals surface area (Å²) in [6.07, 6.45) is 0. The minimum atomic E-state index is 0.114. The van der Waals surface area contributed by atoms with Crippen LogP contribution in [0.4, 0.5) is 5.69 Å². The fourth-order valence-electron chi connectivity index (χ4n) is 1.21. The molecule has 0 aliphatic carbocycles. The molecule has 16 heavy (non-hydrogen) atoms. The largest absolute Gasteiger partial charge is 0.399 e. The van der Waals surface area contributed by atoms with E-state index in [0.717, 1.165) is 5.56 Å². The second kappa shape index (κ2) is 5.32. The van der Waals surface area contributed by atoms with Gasteiger partial charge in [0.25, 0.3) is 0 Å². The molecular weight excluding hydrogens is 202 g/mol. The maximum atomic E-state index is 5.67. The maximum Gasteiger partial charge on any atom is 0.216 e. The van der Waals surface area contributed by atoms with Crippen molar-refractivity contribution in [3.8, 4) is 0 Å². The van der Waals surface area contributed by atoms with Gasteiger partial charge in [0.15, 0.2) is 0 Å². The molecule has 1 aromatic rings. The van der Waals surface area contributed by atoms with Gasteiger partial charge in [-0.25, -0.2) is 4.99 Å². The Balaban J connectivity index is 2.94. The van der Waals surface area contributed by atoms with Crippen molar-refractivity contribution in [2.75, 3.05) is 5.73 Å². The van der Waals surface area contributed by atoms with Crippen molar-refractivity contribution in [3.05, 3.63) is 36.4 Å². The summed E-state index contributed by atoms with van der Waals surface area (Å²) in [6.45, 7) is 7.74. The van der Waals surface area contributed by atoms with Crippen LogP contribution in [0.3, 0.4) is 0 Å². The number of nitrogens with two attached hydrogens (primary N) is 2. The molecule has 0 aliphatic rings. The normalized spacial score (nSPS) is 11.6. The lowest BCUT2D eigenvalue weighted by atomic mass is 10.1. The lowest BCUT2D eigenvalue weighted by Gasteiger charge is -2.08. The van der Waals surface area contributed by atoms with E-state index >= 15 is 0 Å². The van der Waals surface area contributed by atoms with Crippen molar-refractivity contribution in [2.24, 2.45) is 16.8 Å². The topological polar surface area (TPSA) is 73.6 Å². The molecule has 0 fully saturated rings. The number of rotatable bonds is 3. The van der Waals surface area contributed by atoms with E-state index in [-0.39, 0.29) is 5.92 Å². The number of nitrogen functional groups attached to an aromatic ring is 1. The zero-order chi connectivity index (χ0) is 12.1. The fourth-order valence-corrected chi connectivity index (χ4v) is 1.21. The molecule has 0 unspecified atom stereocenters. The average molecular weight is 219 g/mol. The molecule has 86 valence electrons. The third-order valence-electron chi connectivity index (χ3n) is 2.08. The molecule has 0 bridgehead atoms. The molecule has 1 aromatic carbocycles. The van der Waals surface area contributed by atoms with Crippen molar-refractivity contribution >= 4 is 17.3 Å². The molecular formula is C12H17N3O. The van der Waals surface area contributed by atoms with Crippen LogP contribution in [-0.2, 0) is 4.84 Å². The monoisotopic (exact) mass is 219 g/mol. The van der Waals surface area contributed by atoms with E-state index in [0.29, 0.717) is 17.3 Å². The predicted octanol–water partition coefficient (Wildman–Crippen LogP) is 2.18. The summed E-state index contributed by atoms with van der Waals surface area (Å²) in [5.41, 5.74) is 7.79. The zero-order valence-corrected chi connectivity index (χ0v) is 9.60. The number of aliphatic imine (C=N–C) groups is 1. The second-order valence-corrected chi connectivity index (χ2v) is 3.79. The summed E-state index contributed by atoms with van der Waals surface area (Å²) >= 11 is 0. The Morgan fingerprint density at radius 3 is 2.62 bits per heavy atom. The highest BCUT2D eigenvalue weighted by Crippen LogP contribution is 2.17. The van der Waals surface area contributed by atoms with Gasteiger partial charge < -0.3 is 10.6 Å². The number of nitrogens with zero attached hydrogens (tertiary/aromatic N) is 1. The zero-order valence-electron chi connectivity index (χ0n) is 9.60. The Morgan fingerprint density at radius 1 is 1.44 bits per heavy atom. The smallest absolute Gasteiger partial charge is 0.216 e. The molecule has 1 rings (SSSR count). The summed E-state index contributed by atoms with van der Waals surface area (Å²) in [6, 6.07) is 7.35. The molecule has 0 radical (unpaired) electrons. The molecule has 0 saturated carbocycles. The van der Waals surface area contributed by atoms with Crippen molar-refractivity contribution in [1.29, 1.82) is 0 Å². The van der Waals surface area contributed by atoms with E-state index in [1.54, 1.807) is 6.07 Å². The van der Waals surface area contributed by atoms with Crippen molar-refractivity contribution in [2.45, 2.75) is 13.8 Å². The quantitative estimate of drug-likeness (QED) is 0.354. The van der Waals surface area contributed by atoms with E-state index in [9.17, 15) is 0 Å². The molecule has 4 heteroatoms. The molecule has 0 heterocycles. The van der Waals surface area contributed by atoms with E-state index in [2.05, 4.69) is 11.6 Å². The first-order chi connectivity index (χ1) is 7.54. The summed E-state index contributed by atoms with van der Waals surface area (Å²) in [5, 5.41) is 0. The lowest BCUT2D eigenvalue weighted by molar-refractivity contribution is 0.300. The van der Waals surface area contributed by atoms with E-state index in [1.807, 2.05) is 32.0 Å². The minimum absolute atomic E-state index is 0.114. The molecule has 0 atom stereocenters. The summed E-state index contributed by atoms with van der Waals surface area (Å²) in [4.78, 5) is 8.92. The second-order valence-electron chi connectivity index (χ2n) is 3.79. The fraction of sp³-hybridized carbons (Fsp3) is 0.250. The Labute approximate surface area is 95.6 Å². The molecule has 4 N–H and O–H groups in total. The first-order valence-electron chi connectivity index (χ1n) is 5.04. The highest BCUT2D eigenvalue weighted by molar-refractivity contribution is 5.84. The first kappa shape index (κ1) is 12.3. The third kappa shape index (κ3) is 3.10. The first-order valence-corrected chi connectivity index (χ1v) is 5.04. The van der Waals surface area contributed by atoms with Crippen molar-refractivity contribution < 1.29 is 4.84 Å². The molecule has 0 amide bonds. The molecule has 0 spiro atoms. The van der Waals surface area contributed by atoms with Gasteiger partial charge in [0, 0.05) is 17.2 Å². The van der Waals surface area contributed by atoms with Crippen molar-refractivity contribution in [3.63, 3.8) is 0 Å². The Kier molecular flexibility index (Phi) is 4.08. The Bertz CT molecular complexity index is 410. The van der Waals surface area contributed by atoms with Gasteiger partial charge in [-0.3, -0.25) is 0 Å². The van der Waals surface area contributed by atoms with Gasteiger partial charge in [0.05, 0.1) is 5.70 Å². The van der Waals surface area contributed by atoms with Crippen LogP contribution in [0, 0.1) is 5.92 Å². The van der Waals surface area contributed by atoms with Crippen LogP contribution in [0.25, 0.3) is 5.70 Å². The van der Waals surface area contributed by atoms with Crippen LogP contribution < -0.4 is 11.6 Å². The Hall–Kier alpha value is -1.81. The van der Waals surface area contributed by atoms with Gasteiger partial charge in [-0.2, -0.15) is 5.90 Å². The van der Waals surface area contributed by atoms with Crippen LogP contribution in [0.15, 0.2) is 35.8 Å². The number of hydrogen-bond acceptors (Lipinski definition) is 4. The van der Waals surface area contributed by atoms with Crippen molar-refractivity contribution in [1.82, 2.24) is 0 Å². The molecule has 0 aliphatic heterocycles. The average Bonchev–Trinajstić information content (AvgIpc) is 2.25. The van der Waals surface area contributed by atoms with E-state index in [1.165, 1.54) is 0 Å². The summed E-state index contributed by atoms with van der Waals surface area (Å²) in [7, 11) is 0. The maximum absolute atomic E-state index is 5.67. The minimum Gasteiger partial charge on any atom is -0.399 e. The van der Waals surface area contributed by atoms with Crippen LogP contribution >= 0.6 is 0 Å². The number of anilines is 1. The van der Waals surface area contributed by atoms with Gasteiger partial charge in [0.1, 0.15) is 0 Å². The van der Waals surface area contributed by atoms with Crippen LogP contribution in [-0.4, -0.2) is 5.90 Å². The van der Waals surface area contributed by atoms with Gasteiger partial charge in [-0.1, -0.05) is 32.6 Å². The van der Waals surface area contributed by atoms with Gasteiger partial charge >= 0.3 is 0 Å². The molecule has 0 aromatic heterocycles. The van der Waals surface area contributed by atoms with Gasteiger partial charge in [0.2, 0.25) is 5.90 Å². The molecule has 0 saturated heterocycles. The van der Waals surface area contributed by atoms with Crippen LogP contribution in [0.2, 0.25) is 0 Å². The SMILES string of the molecule is C=C(/N=C(\ON)C(C)C)c1cccc(N)c1. The summed E-state index contributed by atoms with van der Waals surface area (Å²) < 4.78 is 0. The predicted molar refractivity (Wildman–Crippen MR) is 67.4 cm³/mol. The molecule has 4 nitrogen and oxygen atoms in total. The van der Waals surface area contributed by atoms with E-state index in [4.69, 9.17) is 16.5 Å². The standard InChI is InChI=1S/C12H17N3O/c1-8(2)12(16-14)15-9(3)10-5-4-6-11(13)7-10/h4-8H,3,13-14H2,1-2H3/b15-12-. The Morgan fingerprint density at radius 2 is 2.12 bits per heavy atom. The van der Waals surface area contributed by atoms with E-state index < -0.39 is 0 Å².